The van der Waals surface area contributed by atoms with E-state index in [1.807, 2.05) is 6.07 Å². The van der Waals surface area contributed by atoms with Crippen LogP contribution >= 0.6 is 0 Å². The zero-order valence-corrected chi connectivity index (χ0v) is 34.7. The van der Waals surface area contributed by atoms with Crippen molar-refractivity contribution in [2.75, 3.05) is 20.2 Å². The van der Waals surface area contributed by atoms with Gasteiger partial charge in [0.05, 0.1) is 42.5 Å². The lowest BCUT2D eigenvalue weighted by molar-refractivity contribution is -0.0702. The second-order valence-electron chi connectivity index (χ2n) is 19.8. The first-order valence-corrected chi connectivity index (χ1v) is 22.2. The summed E-state index contributed by atoms with van der Waals surface area (Å²) in [6.07, 6.45) is 22.2. The Morgan fingerprint density at radius 1 is 1.02 bits per heavy atom. The van der Waals surface area contributed by atoms with E-state index in [-0.39, 0.29) is 41.4 Å². The summed E-state index contributed by atoms with van der Waals surface area (Å²) in [5.41, 5.74) is 14.9. The van der Waals surface area contributed by atoms with Gasteiger partial charge < -0.3 is 46.6 Å². The Kier molecular flexibility index (Phi) is 11.5. The minimum atomic E-state index is -0.721. The van der Waals surface area contributed by atoms with E-state index in [0.717, 1.165) is 107 Å². The molecule has 0 bridgehead atoms. The predicted octanol–water partition coefficient (Wildman–Crippen LogP) is 6.29. The van der Waals surface area contributed by atoms with E-state index in [4.69, 9.17) is 25.6 Å². The molecular formula is C46H70N6O5. The summed E-state index contributed by atoms with van der Waals surface area (Å²) in [6, 6.07) is 6.22. The van der Waals surface area contributed by atoms with Crippen molar-refractivity contribution in [1.82, 2.24) is 10.6 Å². The van der Waals surface area contributed by atoms with Crippen molar-refractivity contribution in [3.05, 3.63) is 47.9 Å². The van der Waals surface area contributed by atoms with Crippen LogP contribution in [0.3, 0.4) is 0 Å². The number of ether oxygens (including phenoxy) is 1. The third-order valence-electron chi connectivity index (χ3n) is 16.3. The molecule has 0 unspecified atom stereocenters. The molecule has 12 atom stereocenters. The summed E-state index contributed by atoms with van der Waals surface area (Å²) in [6.45, 7) is 5.55. The first kappa shape index (κ1) is 40.7. The second-order valence-corrected chi connectivity index (χ2v) is 19.8. The Bertz CT molecular complexity index is 1830. The number of hydrogen-bond donors (Lipinski definition) is 7. The minimum absolute atomic E-state index is 0.0832. The van der Waals surface area contributed by atoms with Crippen molar-refractivity contribution in [3.63, 3.8) is 0 Å². The number of hydrogen-bond acceptors (Lipinski definition) is 7. The summed E-state index contributed by atoms with van der Waals surface area (Å²) >= 11 is 0. The van der Waals surface area contributed by atoms with Crippen LogP contribution in [0.1, 0.15) is 122 Å². The Balaban J connectivity index is 0.925. The monoisotopic (exact) mass is 787 g/mol. The van der Waals surface area contributed by atoms with Crippen molar-refractivity contribution in [2.24, 2.45) is 61.9 Å². The van der Waals surface area contributed by atoms with Crippen molar-refractivity contribution in [3.8, 4) is 0 Å². The number of aliphatic imine (C=N–C) groups is 2. The zero-order valence-electron chi connectivity index (χ0n) is 34.7. The molecule has 11 nitrogen and oxygen atoms in total. The molecule has 1 aliphatic heterocycles. The number of epoxide rings is 1. The van der Waals surface area contributed by atoms with Gasteiger partial charge in [0.15, 0.2) is 11.9 Å². The van der Waals surface area contributed by atoms with Crippen LogP contribution < -0.4 is 22.1 Å². The van der Waals surface area contributed by atoms with Crippen molar-refractivity contribution in [2.45, 2.75) is 153 Å². The average Bonchev–Trinajstić information content (AvgIpc) is 3.64. The van der Waals surface area contributed by atoms with E-state index < -0.39 is 5.60 Å². The van der Waals surface area contributed by atoms with Crippen LogP contribution in [0.5, 0.6) is 0 Å². The minimum Gasteiger partial charge on any atom is -0.471 e. The van der Waals surface area contributed by atoms with Crippen LogP contribution in [0.2, 0.25) is 0 Å². The SMILES string of the molecule is CN=C(N)N[C@H](NC(N)=NCCc1cccc2cocc12)[C@H]1CC[C@H]([C@@]2(C)C[C@@H]3C(=CCO)C[C@@]4(CC[C@@H](CC[C@]5(O)CCC[C@H](O)C5)C4)[C@@H]4O[C@]4(C)CC[C@@H]32)C1. The van der Waals surface area contributed by atoms with Crippen LogP contribution in [0.25, 0.3) is 10.8 Å². The van der Waals surface area contributed by atoms with Gasteiger partial charge in [-0.2, -0.15) is 0 Å². The first-order chi connectivity index (χ1) is 27.4. The maximum atomic E-state index is 11.3. The van der Waals surface area contributed by atoms with E-state index in [0.29, 0.717) is 54.5 Å². The fourth-order valence-corrected chi connectivity index (χ4v) is 13.2. The van der Waals surface area contributed by atoms with Gasteiger partial charge >= 0.3 is 0 Å². The van der Waals surface area contributed by atoms with Crippen LogP contribution in [-0.4, -0.2) is 77.0 Å². The van der Waals surface area contributed by atoms with Gasteiger partial charge in [-0.3, -0.25) is 9.98 Å². The molecule has 2 heterocycles. The molecule has 1 aromatic heterocycles. The highest BCUT2D eigenvalue weighted by Gasteiger charge is 2.67. The normalized spacial score (nSPS) is 40.9. The highest BCUT2D eigenvalue weighted by Crippen LogP contribution is 2.69. The molecule has 5 aliphatic carbocycles. The number of benzene rings is 1. The quantitative estimate of drug-likeness (QED) is 0.0452. The molecule has 6 fully saturated rings. The number of nitrogens with two attached hydrogens (primary N) is 2. The van der Waals surface area contributed by atoms with Crippen LogP contribution in [0, 0.1) is 40.4 Å². The van der Waals surface area contributed by atoms with Gasteiger partial charge in [0.1, 0.15) is 6.17 Å². The van der Waals surface area contributed by atoms with Gasteiger partial charge in [0.2, 0.25) is 0 Å². The number of nitrogens with zero attached hydrogens (tertiary/aromatic N) is 2. The molecule has 0 radical (unpaired) electrons. The third-order valence-corrected chi connectivity index (χ3v) is 16.3. The Hall–Kier alpha value is -3.12. The van der Waals surface area contributed by atoms with Gasteiger partial charge in [0.25, 0.3) is 0 Å². The lowest BCUT2D eigenvalue weighted by Crippen LogP contribution is -2.56. The number of aliphatic hydroxyl groups excluding tert-OH is 2. The van der Waals surface area contributed by atoms with Crippen LogP contribution in [-0.2, 0) is 11.2 Å². The van der Waals surface area contributed by atoms with Crippen molar-refractivity contribution in [1.29, 1.82) is 0 Å². The molecular weight excluding hydrogens is 717 g/mol. The molecule has 1 spiro atoms. The summed E-state index contributed by atoms with van der Waals surface area (Å²) in [5.74, 6) is 3.28. The first-order valence-electron chi connectivity index (χ1n) is 22.2. The van der Waals surface area contributed by atoms with Gasteiger partial charge in [-0.25, -0.2) is 0 Å². The molecule has 1 saturated heterocycles. The molecule has 0 amide bonds. The van der Waals surface area contributed by atoms with Crippen LogP contribution in [0.4, 0.5) is 0 Å². The number of furan rings is 1. The summed E-state index contributed by atoms with van der Waals surface area (Å²) < 4.78 is 12.2. The highest BCUT2D eigenvalue weighted by molar-refractivity contribution is 5.84. The molecule has 9 N–H and O–H groups in total. The largest absolute Gasteiger partial charge is 0.471 e. The van der Waals surface area contributed by atoms with E-state index >= 15 is 0 Å². The summed E-state index contributed by atoms with van der Waals surface area (Å²) in [4.78, 5) is 8.94. The number of allylic oxidation sites excluding steroid dienone is 1. The summed E-state index contributed by atoms with van der Waals surface area (Å²) in [5, 5.41) is 41.1. The maximum absolute atomic E-state index is 11.3. The molecule has 1 aromatic carbocycles. The standard InChI is InChI=1S/C46H70N6O5/c1-43(34-10-9-31(22-34)39(51-41(47)49-3)52-42(48)50-20-14-30-6-4-7-33-27-56-28-37(30)33)26-36-32(15-21-53)24-45(40-44(2,57-40)17-13-38(36)43)18-11-29(23-45)12-19-46(55)16-5-8-35(54)25-46/h4,6-7,15,27-29,31,34-36,38-40,53-55H,5,8-14,16-26H2,1-3H3,(H3,47,49,51)(H3,48,50,52)/t29-,31-,34-,35-,36+,38-,39+,40+,43+,44+,45-,46+/m0/s1. The van der Waals surface area contributed by atoms with E-state index in [1.165, 1.54) is 17.6 Å². The van der Waals surface area contributed by atoms with E-state index in [1.54, 1.807) is 19.6 Å². The molecule has 6 aliphatic rings. The Morgan fingerprint density at radius 2 is 1.86 bits per heavy atom. The van der Waals surface area contributed by atoms with Gasteiger partial charge in [-0.1, -0.05) is 36.8 Å². The zero-order chi connectivity index (χ0) is 40.0. The summed E-state index contributed by atoms with van der Waals surface area (Å²) in [7, 11) is 1.70. The lowest BCUT2D eigenvalue weighted by atomic mass is 9.46. The van der Waals surface area contributed by atoms with Gasteiger partial charge in [0, 0.05) is 36.2 Å². The fraction of sp³-hybridized carbons (Fsp3) is 0.739. The van der Waals surface area contributed by atoms with Crippen molar-refractivity contribution >= 4 is 22.7 Å². The molecule has 2 aromatic rings. The second kappa shape index (κ2) is 16.1. The predicted molar refractivity (Wildman–Crippen MR) is 225 cm³/mol. The Labute approximate surface area is 339 Å². The average molecular weight is 787 g/mol. The molecule has 57 heavy (non-hydrogen) atoms. The van der Waals surface area contributed by atoms with E-state index in [2.05, 4.69) is 47.7 Å². The smallest absolute Gasteiger partial charge is 0.190 e. The third kappa shape index (κ3) is 8.24. The van der Waals surface area contributed by atoms with Gasteiger partial charge in [-0.15, -0.1) is 0 Å². The van der Waals surface area contributed by atoms with Crippen molar-refractivity contribution < 1.29 is 24.5 Å². The molecule has 11 heteroatoms. The lowest BCUT2D eigenvalue weighted by Gasteiger charge is -2.59. The van der Waals surface area contributed by atoms with Gasteiger partial charge in [-0.05, 0) is 150 Å². The Morgan fingerprint density at radius 3 is 2.67 bits per heavy atom. The number of rotatable bonds is 11. The number of nitrogens with one attached hydrogen (secondary N) is 2. The number of fused-ring (bicyclic) bond motifs is 4. The molecule has 8 rings (SSSR count). The number of aliphatic hydroxyl groups is 3. The fourth-order valence-electron chi connectivity index (χ4n) is 13.2. The van der Waals surface area contributed by atoms with E-state index in [9.17, 15) is 15.3 Å². The highest BCUT2D eigenvalue weighted by atomic mass is 16.6. The molecule has 314 valence electrons. The topological polar surface area (TPSA) is 187 Å². The molecule has 5 saturated carbocycles. The van der Waals surface area contributed by atoms with Crippen LogP contribution in [0.15, 0.2) is 56.8 Å². The maximum Gasteiger partial charge on any atom is 0.190 e. The number of guanidine groups is 2.